The summed E-state index contributed by atoms with van der Waals surface area (Å²) < 4.78 is 0. The minimum Gasteiger partial charge on any atom is -0.282 e. The fourth-order valence-electron chi connectivity index (χ4n) is 1.42. The first-order chi connectivity index (χ1) is 9.16. The lowest BCUT2D eigenvalue weighted by Gasteiger charge is -1.96. The van der Waals surface area contributed by atoms with Gasteiger partial charge < -0.3 is 0 Å². The van der Waals surface area contributed by atoms with Gasteiger partial charge in [-0.25, -0.2) is 5.43 Å². The Labute approximate surface area is 111 Å². The van der Waals surface area contributed by atoms with Gasteiger partial charge in [0.15, 0.2) is 5.69 Å². The maximum Gasteiger partial charge on any atom is 0.291 e. The molecule has 0 saturated carbocycles. The van der Waals surface area contributed by atoms with Crippen molar-refractivity contribution < 1.29 is 4.79 Å². The van der Waals surface area contributed by atoms with Gasteiger partial charge in [0.25, 0.3) is 5.91 Å². The zero-order chi connectivity index (χ0) is 13.7. The van der Waals surface area contributed by atoms with E-state index >= 15 is 0 Å². The molecule has 2 N–H and O–H groups in total. The van der Waals surface area contributed by atoms with Crippen molar-refractivity contribution >= 4 is 12.1 Å². The number of amides is 1. The van der Waals surface area contributed by atoms with Crippen molar-refractivity contribution in [2.24, 2.45) is 5.10 Å². The van der Waals surface area contributed by atoms with E-state index in [1.54, 1.807) is 36.8 Å². The van der Waals surface area contributed by atoms with Gasteiger partial charge in [-0.1, -0.05) is 13.8 Å². The molecule has 0 aliphatic rings. The average Bonchev–Trinajstić information content (AvgIpc) is 2.89. The highest BCUT2D eigenvalue weighted by Gasteiger charge is 2.10. The number of pyridine rings is 1. The van der Waals surface area contributed by atoms with E-state index in [-0.39, 0.29) is 5.91 Å². The molecule has 0 spiro atoms. The van der Waals surface area contributed by atoms with Crippen molar-refractivity contribution in [3.05, 3.63) is 47.5 Å². The lowest BCUT2D eigenvalue weighted by Crippen LogP contribution is -2.18. The topological polar surface area (TPSA) is 83.0 Å². The van der Waals surface area contributed by atoms with Crippen molar-refractivity contribution in [3.63, 3.8) is 0 Å². The van der Waals surface area contributed by atoms with Crippen LogP contribution in [-0.4, -0.2) is 27.3 Å². The van der Waals surface area contributed by atoms with Crippen LogP contribution in [0.15, 0.2) is 35.7 Å². The number of aromatic nitrogens is 3. The van der Waals surface area contributed by atoms with E-state index in [1.165, 1.54) is 0 Å². The molecule has 2 heterocycles. The fourth-order valence-corrected chi connectivity index (χ4v) is 1.42. The van der Waals surface area contributed by atoms with Gasteiger partial charge in [-0.05, 0) is 29.7 Å². The number of hydrogen-bond donors (Lipinski definition) is 2. The SMILES string of the molecule is CC(C)c1cc(C(=O)N/N=C\c2ccncc2)n[nH]1. The lowest BCUT2D eigenvalue weighted by atomic mass is 10.1. The summed E-state index contributed by atoms with van der Waals surface area (Å²) in [5.41, 5.74) is 4.54. The highest BCUT2D eigenvalue weighted by Crippen LogP contribution is 2.11. The molecule has 0 atom stereocenters. The Morgan fingerprint density at radius 2 is 2.16 bits per heavy atom. The molecular formula is C13H15N5O. The van der Waals surface area contributed by atoms with Crippen LogP contribution in [0.5, 0.6) is 0 Å². The number of carbonyl (C=O) groups is 1. The lowest BCUT2D eigenvalue weighted by molar-refractivity contribution is 0.0950. The van der Waals surface area contributed by atoms with E-state index in [0.717, 1.165) is 11.3 Å². The maximum absolute atomic E-state index is 11.8. The van der Waals surface area contributed by atoms with E-state index in [2.05, 4.69) is 25.7 Å². The molecule has 0 aliphatic heterocycles. The highest BCUT2D eigenvalue weighted by atomic mass is 16.2. The third kappa shape index (κ3) is 3.48. The molecule has 2 rings (SSSR count). The smallest absolute Gasteiger partial charge is 0.282 e. The van der Waals surface area contributed by atoms with Crippen LogP contribution in [-0.2, 0) is 0 Å². The van der Waals surface area contributed by atoms with Gasteiger partial charge in [0.2, 0.25) is 0 Å². The summed E-state index contributed by atoms with van der Waals surface area (Å²) in [5.74, 6) is -0.0390. The van der Waals surface area contributed by atoms with Crippen molar-refractivity contribution in [2.75, 3.05) is 0 Å². The number of hydrazone groups is 1. The largest absolute Gasteiger partial charge is 0.291 e. The van der Waals surface area contributed by atoms with Crippen LogP contribution < -0.4 is 5.43 Å². The molecule has 0 fully saturated rings. The van der Waals surface area contributed by atoms with Gasteiger partial charge in [0.1, 0.15) is 0 Å². The standard InChI is InChI=1S/C13H15N5O/c1-9(2)11-7-12(17-16-11)13(19)18-15-8-10-3-5-14-6-4-10/h3-9H,1-2H3,(H,16,17)(H,18,19)/b15-8-. The van der Waals surface area contributed by atoms with Gasteiger partial charge in [-0.15, -0.1) is 0 Å². The molecule has 6 heteroatoms. The molecule has 0 saturated heterocycles. The molecule has 2 aromatic heterocycles. The van der Waals surface area contributed by atoms with E-state index < -0.39 is 0 Å². The number of hydrogen-bond acceptors (Lipinski definition) is 4. The van der Waals surface area contributed by atoms with Crippen LogP contribution in [0.3, 0.4) is 0 Å². The molecule has 19 heavy (non-hydrogen) atoms. The Bertz CT molecular complexity index is 574. The first kappa shape index (κ1) is 12.9. The third-order valence-corrected chi connectivity index (χ3v) is 2.54. The van der Waals surface area contributed by atoms with E-state index in [4.69, 9.17) is 0 Å². The van der Waals surface area contributed by atoms with Crippen LogP contribution in [0.25, 0.3) is 0 Å². The first-order valence-electron chi connectivity index (χ1n) is 5.95. The Morgan fingerprint density at radius 3 is 2.79 bits per heavy atom. The molecule has 98 valence electrons. The number of aromatic amines is 1. The number of nitrogens with one attached hydrogen (secondary N) is 2. The summed E-state index contributed by atoms with van der Waals surface area (Å²) in [7, 11) is 0. The summed E-state index contributed by atoms with van der Waals surface area (Å²) in [6.07, 6.45) is 4.87. The molecule has 1 amide bonds. The summed E-state index contributed by atoms with van der Waals surface area (Å²) in [4.78, 5) is 15.6. The van der Waals surface area contributed by atoms with Gasteiger partial charge in [-0.3, -0.25) is 14.9 Å². The molecule has 0 radical (unpaired) electrons. The maximum atomic E-state index is 11.8. The number of nitrogens with zero attached hydrogens (tertiary/aromatic N) is 3. The second-order valence-electron chi connectivity index (χ2n) is 4.34. The molecule has 6 nitrogen and oxygen atoms in total. The monoisotopic (exact) mass is 257 g/mol. The molecular weight excluding hydrogens is 242 g/mol. The second kappa shape index (κ2) is 5.90. The molecule has 2 aromatic rings. The van der Waals surface area contributed by atoms with Crippen LogP contribution in [0, 0.1) is 0 Å². The Hall–Kier alpha value is -2.50. The van der Waals surface area contributed by atoms with Gasteiger partial charge in [0.05, 0.1) is 6.21 Å². The molecule has 0 bridgehead atoms. The third-order valence-electron chi connectivity index (χ3n) is 2.54. The molecule has 0 unspecified atom stereocenters. The van der Waals surface area contributed by atoms with Gasteiger partial charge in [0, 0.05) is 18.1 Å². The predicted molar refractivity (Wildman–Crippen MR) is 72.0 cm³/mol. The van der Waals surface area contributed by atoms with Crippen molar-refractivity contribution in [2.45, 2.75) is 19.8 Å². The summed E-state index contributed by atoms with van der Waals surface area (Å²) in [6, 6.07) is 5.31. The highest BCUT2D eigenvalue weighted by molar-refractivity contribution is 5.93. The number of H-pyrrole nitrogens is 1. The van der Waals surface area contributed by atoms with E-state index in [0.29, 0.717) is 11.6 Å². The van der Waals surface area contributed by atoms with Crippen LogP contribution in [0.4, 0.5) is 0 Å². The van der Waals surface area contributed by atoms with E-state index in [9.17, 15) is 4.79 Å². The van der Waals surface area contributed by atoms with Crippen LogP contribution in [0.2, 0.25) is 0 Å². The molecule has 0 aliphatic carbocycles. The minimum absolute atomic E-state index is 0.300. The van der Waals surface area contributed by atoms with Gasteiger partial charge >= 0.3 is 0 Å². The zero-order valence-electron chi connectivity index (χ0n) is 10.8. The minimum atomic E-state index is -0.339. The van der Waals surface area contributed by atoms with Crippen molar-refractivity contribution in [1.29, 1.82) is 0 Å². The number of carbonyl (C=O) groups excluding carboxylic acids is 1. The Balaban J connectivity index is 1.96. The van der Waals surface area contributed by atoms with Crippen LogP contribution in [0.1, 0.15) is 41.5 Å². The second-order valence-corrected chi connectivity index (χ2v) is 4.34. The summed E-state index contributed by atoms with van der Waals surface area (Å²) in [5, 5.41) is 10.6. The summed E-state index contributed by atoms with van der Waals surface area (Å²) in [6.45, 7) is 4.05. The van der Waals surface area contributed by atoms with Gasteiger partial charge in [-0.2, -0.15) is 10.2 Å². The summed E-state index contributed by atoms with van der Waals surface area (Å²) >= 11 is 0. The average molecular weight is 257 g/mol. The van der Waals surface area contributed by atoms with Crippen molar-refractivity contribution in [1.82, 2.24) is 20.6 Å². The normalized spacial score (nSPS) is 11.1. The predicted octanol–water partition coefficient (Wildman–Crippen LogP) is 1.69. The van der Waals surface area contributed by atoms with Crippen molar-refractivity contribution in [3.8, 4) is 0 Å². The molecule has 0 aromatic carbocycles. The quantitative estimate of drug-likeness (QED) is 0.646. The first-order valence-corrected chi connectivity index (χ1v) is 5.95. The Kier molecular flexibility index (Phi) is 4.02. The van der Waals surface area contributed by atoms with Crippen LogP contribution >= 0.6 is 0 Å². The van der Waals surface area contributed by atoms with E-state index in [1.807, 2.05) is 13.8 Å². The fraction of sp³-hybridized carbons (Fsp3) is 0.231. The zero-order valence-corrected chi connectivity index (χ0v) is 10.8. The number of rotatable bonds is 4. The Morgan fingerprint density at radius 1 is 1.42 bits per heavy atom.